The van der Waals surface area contributed by atoms with Crippen LogP contribution in [0.25, 0.3) is 0 Å². The first-order chi connectivity index (χ1) is 11.6. The van der Waals surface area contributed by atoms with Crippen molar-refractivity contribution in [2.24, 2.45) is 0 Å². The summed E-state index contributed by atoms with van der Waals surface area (Å²) in [4.78, 5) is 39.0. The van der Waals surface area contributed by atoms with Crippen LogP contribution in [0, 0.1) is 0 Å². The third-order valence-corrected chi connectivity index (χ3v) is 4.90. The Hall–Kier alpha value is -2.37. The maximum Gasteiger partial charge on any atom is 0.308 e. The van der Waals surface area contributed by atoms with Crippen molar-refractivity contribution >= 4 is 17.8 Å². The van der Waals surface area contributed by atoms with Crippen LogP contribution in [0.3, 0.4) is 0 Å². The molecule has 1 saturated heterocycles. The van der Waals surface area contributed by atoms with Gasteiger partial charge < -0.3 is 15.0 Å². The number of fused-ring (bicyclic) bond motifs is 1. The Balaban J connectivity index is 1.94. The highest BCUT2D eigenvalue weighted by Crippen LogP contribution is 2.30. The minimum Gasteiger partial charge on any atom is -0.469 e. The van der Waals surface area contributed by atoms with E-state index in [0.717, 1.165) is 25.7 Å². The van der Waals surface area contributed by atoms with Gasteiger partial charge in [-0.15, -0.1) is 0 Å². The van der Waals surface area contributed by atoms with Crippen molar-refractivity contribution in [1.82, 2.24) is 10.2 Å². The summed E-state index contributed by atoms with van der Waals surface area (Å²) < 4.78 is 4.71. The molecule has 6 heteroatoms. The quantitative estimate of drug-likeness (QED) is 0.852. The molecule has 2 fully saturated rings. The van der Waals surface area contributed by atoms with E-state index in [2.05, 4.69) is 5.32 Å². The summed E-state index contributed by atoms with van der Waals surface area (Å²) in [6.45, 7) is 0. The Labute approximate surface area is 141 Å². The fraction of sp³-hybridized carbons (Fsp3) is 0.500. The topological polar surface area (TPSA) is 75.7 Å². The molecule has 0 radical (unpaired) electrons. The van der Waals surface area contributed by atoms with Gasteiger partial charge in [0.1, 0.15) is 6.04 Å². The number of carbonyl (C=O) groups is 3. The van der Waals surface area contributed by atoms with Gasteiger partial charge >= 0.3 is 5.97 Å². The van der Waals surface area contributed by atoms with E-state index in [4.69, 9.17) is 4.74 Å². The van der Waals surface area contributed by atoms with Crippen molar-refractivity contribution in [2.45, 2.75) is 50.2 Å². The molecule has 1 aromatic rings. The number of esters is 1. The van der Waals surface area contributed by atoms with Gasteiger partial charge in [-0.05, 0) is 25.0 Å². The first-order valence-corrected chi connectivity index (χ1v) is 8.36. The second-order valence-corrected chi connectivity index (χ2v) is 6.34. The molecule has 1 saturated carbocycles. The number of carbonyl (C=O) groups excluding carboxylic acids is 3. The molecular formula is C18H22N2O4. The first kappa shape index (κ1) is 16.5. The largest absolute Gasteiger partial charge is 0.469 e. The van der Waals surface area contributed by atoms with Gasteiger partial charge in [0.15, 0.2) is 0 Å². The number of hydrogen-bond donors (Lipinski definition) is 1. The van der Waals surface area contributed by atoms with Gasteiger partial charge in [-0.2, -0.15) is 0 Å². The number of hydrogen-bond acceptors (Lipinski definition) is 4. The maximum absolute atomic E-state index is 13.1. The summed E-state index contributed by atoms with van der Waals surface area (Å²) in [6.07, 6.45) is 3.63. The molecule has 6 nitrogen and oxygen atoms in total. The van der Waals surface area contributed by atoms with Gasteiger partial charge in [0.05, 0.1) is 19.6 Å². The van der Waals surface area contributed by atoms with E-state index in [1.54, 1.807) is 29.2 Å². The molecule has 128 valence electrons. The van der Waals surface area contributed by atoms with Crippen molar-refractivity contribution in [2.75, 3.05) is 7.11 Å². The van der Waals surface area contributed by atoms with Crippen LogP contribution < -0.4 is 5.32 Å². The van der Waals surface area contributed by atoms with Crippen LogP contribution in [0.1, 0.15) is 42.5 Å². The zero-order valence-electron chi connectivity index (χ0n) is 13.7. The molecule has 24 heavy (non-hydrogen) atoms. The Morgan fingerprint density at radius 1 is 1.21 bits per heavy atom. The molecule has 2 amide bonds. The molecule has 3 rings (SSSR count). The fourth-order valence-corrected chi connectivity index (χ4v) is 3.70. The number of benzene rings is 1. The maximum atomic E-state index is 13.1. The lowest BCUT2D eigenvalue weighted by Gasteiger charge is -2.48. The number of rotatable bonds is 3. The van der Waals surface area contributed by atoms with E-state index in [-0.39, 0.29) is 30.3 Å². The Bertz CT molecular complexity index is 631. The summed E-state index contributed by atoms with van der Waals surface area (Å²) in [6, 6.07) is 7.99. The number of nitrogens with one attached hydrogen (secondary N) is 1. The third-order valence-electron chi connectivity index (χ3n) is 4.90. The summed E-state index contributed by atoms with van der Waals surface area (Å²) in [5.74, 6) is -0.959. The van der Waals surface area contributed by atoms with Crippen molar-refractivity contribution < 1.29 is 19.1 Å². The number of methoxy groups -OCH3 is 1. The van der Waals surface area contributed by atoms with E-state index < -0.39 is 12.0 Å². The van der Waals surface area contributed by atoms with Gasteiger partial charge in [0, 0.05) is 11.6 Å². The van der Waals surface area contributed by atoms with Crippen LogP contribution in [0.15, 0.2) is 30.3 Å². The molecule has 1 aliphatic carbocycles. The minimum absolute atomic E-state index is 0.0344. The molecule has 3 atom stereocenters. The third kappa shape index (κ3) is 3.13. The van der Waals surface area contributed by atoms with Gasteiger partial charge in [0.2, 0.25) is 5.91 Å². The second-order valence-electron chi connectivity index (χ2n) is 6.34. The lowest BCUT2D eigenvalue weighted by atomic mass is 9.84. The van der Waals surface area contributed by atoms with E-state index in [0.29, 0.717) is 5.56 Å². The predicted molar refractivity (Wildman–Crippen MR) is 87.2 cm³/mol. The lowest BCUT2D eigenvalue weighted by molar-refractivity contribution is -0.147. The molecule has 0 spiro atoms. The molecular weight excluding hydrogens is 308 g/mol. The summed E-state index contributed by atoms with van der Waals surface area (Å²) >= 11 is 0. The molecule has 1 aliphatic heterocycles. The van der Waals surface area contributed by atoms with Crippen LogP contribution in [0.2, 0.25) is 0 Å². The van der Waals surface area contributed by atoms with Gasteiger partial charge in [-0.3, -0.25) is 14.4 Å². The zero-order chi connectivity index (χ0) is 17.1. The van der Waals surface area contributed by atoms with Crippen LogP contribution in [0.4, 0.5) is 0 Å². The molecule has 2 aliphatic rings. The van der Waals surface area contributed by atoms with E-state index in [1.807, 2.05) is 6.07 Å². The number of amides is 2. The standard InChI is InChI=1S/C18H22N2O4/c1-24-16(21)11-15-17(22)19-13-9-5-6-10-14(13)20(15)18(23)12-7-3-2-4-8-12/h2-4,7-8,13-15H,5-6,9-11H2,1H3,(H,19,22)/t13-,14-,15+/m0/s1. The lowest BCUT2D eigenvalue weighted by Crippen LogP contribution is -2.67. The number of piperazine rings is 1. The fourth-order valence-electron chi connectivity index (χ4n) is 3.70. The highest BCUT2D eigenvalue weighted by Gasteiger charge is 2.46. The number of ether oxygens (including phenoxy) is 1. The Kier molecular flexibility index (Phi) is 4.83. The van der Waals surface area contributed by atoms with Gasteiger partial charge in [0.25, 0.3) is 5.91 Å². The van der Waals surface area contributed by atoms with Crippen molar-refractivity contribution in [3.8, 4) is 0 Å². The van der Waals surface area contributed by atoms with Crippen LogP contribution in [-0.4, -0.2) is 47.9 Å². The van der Waals surface area contributed by atoms with Gasteiger partial charge in [-0.25, -0.2) is 0 Å². The minimum atomic E-state index is -0.815. The average Bonchev–Trinajstić information content (AvgIpc) is 2.62. The Morgan fingerprint density at radius 2 is 1.92 bits per heavy atom. The average molecular weight is 330 g/mol. The van der Waals surface area contributed by atoms with E-state index in [9.17, 15) is 14.4 Å². The molecule has 0 unspecified atom stereocenters. The molecule has 1 N–H and O–H groups in total. The van der Waals surface area contributed by atoms with Crippen molar-refractivity contribution in [1.29, 1.82) is 0 Å². The normalized spacial score (nSPS) is 26.3. The highest BCUT2D eigenvalue weighted by atomic mass is 16.5. The van der Waals surface area contributed by atoms with Crippen LogP contribution in [-0.2, 0) is 14.3 Å². The first-order valence-electron chi connectivity index (χ1n) is 8.36. The van der Waals surface area contributed by atoms with Crippen LogP contribution in [0.5, 0.6) is 0 Å². The van der Waals surface area contributed by atoms with Crippen molar-refractivity contribution in [3.05, 3.63) is 35.9 Å². The predicted octanol–water partition coefficient (Wildman–Crippen LogP) is 1.50. The molecule has 0 aromatic heterocycles. The second kappa shape index (κ2) is 7.03. The SMILES string of the molecule is COC(=O)C[C@@H]1C(=O)N[C@H]2CCCC[C@@H]2N1C(=O)c1ccccc1. The monoisotopic (exact) mass is 330 g/mol. The summed E-state index contributed by atoms with van der Waals surface area (Å²) in [5, 5.41) is 2.99. The smallest absolute Gasteiger partial charge is 0.308 e. The summed E-state index contributed by atoms with van der Waals surface area (Å²) in [5.41, 5.74) is 0.534. The highest BCUT2D eigenvalue weighted by molar-refractivity contribution is 5.99. The van der Waals surface area contributed by atoms with Gasteiger partial charge in [-0.1, -0.05) is 31.0 Å². The zero-order valence-corrected chi connectivity index (χ0v) is 13.7. The van der Waals surface area contributed by atoms with E-state index >= 15 is 0 Å². The molecule has 1 aromatic carbocycles. The summed E-state index contributed by atoms with van der Waals surface area (Å²) in [7, 11) is 1.29. The molecule has 0 bridgehead atoms. The number of nitrogens with zero attached hydrogens (tertiary/aromatic N) is 1. The van der Waals surface area contributed by atoms with Crippen LogP contribution >= 0.6 is 0 Å². The Morgan fingerprint density at radius 3 is 2.62 bits per heavy atom. The van der Waals surface area contributed by atoms with Crippen molar-refractivity contribution in [3.63, 3.8) is 0 Å². The molecule has 1 heterocycles. The van der Waals surface area contributed by atoms with E-state index in [1.165, 1.54) is 7.11 Å².